The maximum absolute atomic E-state index is 14.5. The van der Waals surface area contributed by atoms with Gasteiger partial charge in [-0.2, -0.15) is 0 Å². The number of carbonyl (C=O) groups excluding carboxylic acids is 2. The number of amides is 1. The van der Waals surface area contributed by atoms with E-state index >= 15 is 0 Å². The monoisotopic (exact) mass is 457 g/mol. The Labute approximate surface area is 191 Å². The van der Waals surface area contributed by atoms with Crippen molar-refractivity contribution in [3.8, 4) is 11.5 Å². The summed E-state index contributed by atoms with van der Waals surface area (Å²) >= 11 is 0. The highest BCUT2D eigenvalue weighted by molar-refractivity contribution is 5.98. The van der Waals surface area contributed by atoms with Crippen LogP contribution in [0, 0.1) is 5.82 Å². The van der Waals surface area contributed by atoms with E-state index in [1.807, 2.05) is 0 Å². The van der Waals surface area contributed by atoms with Crippen molar-refractivity contribution in [1.82, 2.24) is 5.32 Å². The summed E-state index contributed by atoms with van der Waals surface area (Å²) in [4.78, 5) is 25.1. The van der Waals surface area contributed by atoms with Crippen molar-refractivity contribution >= 4 is 11.7 Å². The lowest BCUT2D eigenvalue weighted by Crippen LogP contribution is -2.48. The van der Waals surface area contributed by atoms with Gasteiger partial charge in [0.05, 0.1) is 43.6 Å². The molecule has 7 nitrogen and oxygen atoms in total. The third-order valence-electron chi connectivity index (χ3n) is 6.14. The number of methoxy groups -OCH3 is 1. The maximum atomic E-state index is 14.5. The summed E-state index contributed by atoms with van der Waals surface area (Å²) in [5.74, 6) is -0.0771. The Morgan fingerprint density at radius 3 is 2.76 bits per heavy atom. The minimum atomic E-state index is -0.779. The van der Waals surface area contributed by atoms with Gasteiger partial charge in [0.15, 0.2) is 5.78 Å². The molecular weight excluding hydrogens is 429 g/mol. The summed E-state index contributed by atoms with van der Waals surface area (Å²) in [6.45, 7) is 2.79. The number of carbonyl (C=O) groups is 2. The zero-order chi connectivity index (χ0) is 23.5. The molecule has 1 saturated heterocycles. The number of ketones is 1. The number of ether oxygens (including phenoxy) is 3. The summed E-state index contributed by atoms with van der Waals surface area (Å²) in [5.41, 5.74) is 2.61. The molecule has 0 bridgehead atoms. The van der Waals surface area contributed by atoms with E-state index in [0.29, 0.717) is 55.1 Å². The highest BCUT2D eigenvalue weighted by atomic mass is 19.1. The van der Waals surface area contributed by atoms with Crippen molar-refractivity contribution in [2.45, 2.75) is 44.8 Å². The van der Waals surface area contributed by atoms with Gasteiger partial charge in [-0.25, -0.2) is 4.39 Å². The first kappa shape index (κ1) is 23.2. The Morgan fingerprint density at radius 1 is 1.24 bits per heavy atom. The number of halogens is 1. The molecular formula is C25H28FNO6. The topological polar surface area (TPSA) is 94.1 Å². The molecule has 2 aliphatic rings. The number of Topliss-reactive ketones (excluding diaryl/α,β-unsaturated/α-hetero) is 1. The highest BCUT2D eigenvalue weighted by Gasteiger charge is 2.30. The predicted octanol–water partition coefficient (Wildman–Crippen LogP) is 2.83. The molecule has 8 heteroatoms. The fourth-order valence-electron chi connectivity index (χ4n) is 4.40. The summed E-state index contributed by atoms with van der Waals surface area (Å²) in [7, 11) is 1.51. The molecule has 2 aromatic carbocycles. The van der Waals surface area contributed by atoms with Gasteiger partial charge < -0.3 is 24.6 Å². The lowest BCUT2D eigenvalue weighted by molar-refractivity contribution is -0.0261. The average molecular weight is 457 g/mol. The van der Waals surface area contributed by atoms with Crippen LogP contribution in [0.25, 0.3) is 0 Å². The van der Waals surface area contributed by atoms with Crippen LogP contribution in [0.3, 0.4) is 0 Å². The molecule has 0 spiro atoms. The molecule has 0 aliphatic carbocycles. The van der Waals surface area contributed by atoms with Crippen LogP contribution in [0.1, 0.15) is 57.2 Å². The van der Waals surface area contributed by atoms with Crippen LogP contribution in [0.2, 0.25) is 0 Å². The van der Waals surface area contributed by atoms with Crippen molar-refractivity contribution in [1.29, 1.82) is 0 Å². The molecule has 0 unspecified atom stereocenters. The Balaban J connectivity index is 1.66. The van der Waals surface area contributed by atoms with E-state index in [-0.39, 0.29) is 30.3 Å². The van der Waals surface area contributed by atoms with Gasteiger partial charge in [-0.05, 0) is 35.7 Å². The molecule has 2 aromatic rings. The smallest absolute Gasteiger partial charge is 0.255 e. The fourth-order valence-corrected chi connectivity index (χ4v) is 4.40. The SMILES string of the molecule is CCC(=O)c1ccc(Cc2cc(C(=O)N[C@H]3CCOC[C@@H]3O)c(OC)c3c2OCC3)cc1F. The number of nitrogens with one attached hydrogen (secondary N) is 1. The fraction of sp³-hybridized carbons (Fsp3) is 0.440. The molecule has 4 rings (SSSR count). The third kappa shape index (κ3) is 4.72. The van der Waals surface area contributed by atoms with Gasteiger partial charge in [0.1, 0.15) is 17.3 Å². The zero-order valence-corrected chi connectivity index (χ0v) is 18.8. The number of rotatable bonds is 7. The van der Waals surface area contributed by atoms with E-state index in [2.05, 4.69) is 5.32 Å². The molecule has 0 radical (unpaired) electrons. The highest BCUT2D eigenvalue weighted by Crippen LogP contribution is 2.40. The van der Waals surface area contributed by atoms with Crippen LogP contribution < -0.4 is 14.8 Å². The Bertz CT molecular complexity index is 1070. The second kappa shape index (κ2) is 9.89. The summed E-state index contributed by atoms with van der Waals surface area (Å²) < 4.78 is 31.2. The molecule has 1 amide bonds. The van der Waals surface area contributed by atoms with Crippen molar-refractivity contribution in [2.75, 3.05) is 26.9 Å². The molecule has 176 valence electrons. The summed E-state index contributed by atoms with van der Waals surface area (Å²) in [6.07, 6.45) is 0.877. The van der Waals surface area contributed by atoms with Crippen LogP contribution >= 0.6 is 0 Å². The lowest BCUT2D eigenvalue weighted by Gasteiger charge is -2.28. The number of hydrogen-bond acceptors (Lipinski definition) is 6. The Kier molecular flexibility index (Phi) is 6.95. The summed E-state index contributed by atoms with van der Waals surface area (Å²) in [6, 6.07) is 5.86. The Hall–Kier alpha value is -2.97. The van der Waals surface area contributed by atoms with E-state index in [1.54, 1.807) is 19.1 Å². The van der Waals surface area contributed by atoms with Gasteiger partial charge in [-0.1, -0.05) is 13.0 Å². The summed E-state index contributed by atoms with van der Waals surface area (Å²) in [5, 5.41) is 13.0. The van der Waals surface area contributed by atoms with Crippen molar-refractivity contribution in [3.63, 3.8) is 0 Å². The van der Waals surface area contributed by atoms with Gasteiger partial charge in [0.2, 0.25) is 0 Å². The standard InChI is InChI=1S/C25H28FNO6/c1-3-21(28)16-5-4-14(11-19(16)26)10-15-12-18(24(31-2)17-6-9-33-23(15)17)25(30)27-20-7-8-32-13-22(20)29/h4-5,11-12,20,22,29H,3,6-10,13H2,1-2H3,(H,27,30)/t20-,22-/m0/s1. The van der Waals surface area contributed by atoms with Crippen LogP contribution in [0.5, 0.6) is 11.5 Å². The molecule has 1 fully saturated rings. The average Bonchev–Trinajstić information content (AvgIpc) is 3.30. The normalized spacial score (nSPS) is 19.5. The first-order valence-corrected chi connectivity index (χ1v) is 11.2. The van der Waals surface area contributed by atoms with Gasteiger partial charge >= 0.3 is 0 Å². The molecule has 0 aromatic heterocycles. The van der Waals surface area contributed by atoms with E-state index in [4.69, 9.17) is 14.2 Å². The number of fused-ring (bicyclic) bond motifs is 1. The first-order chi connectivity index (χ1) is 15.9. The van der Waals surface area contributed by atoms with Crippen molar-refractivity contribution < 1.29 is 33.3 Å². The van der Waals surface area contributed by atoms with Crippen LogP contribution in [0.4, 0.5) is 4.39 Å². The second-order valence-electron chi connectivity index (χ2n) is 8.30. The van der Waals surface area contributed by atoms with E-state index < -0.39 is 18.0 Å². The largest absolute Gasteiger partial charge is 0.495 e. The second-order valence-corrected chi connectivity index (χ2v) is 8.30. The predicted molar refractivity (Wildman–Crippen MR) is 119 cm³/mol. The van der Waals surface area contributed by atoms with Gasteiger partial charge in [0, 0.05) is 31.4 Å². The minimum Gasteiger partial charge on any atom is -0.495 e. The molecule has 2 aliphatic heterocycles. The van der Waals surface area contributed by atoms with E-state index in [0.717, 1.165) is 11.1 Å². The van der Waals surface area contributed by atoms with Crippen LogP contribution in [-0.4, -0.2) is 55.9 Å². The Morgan fingerprint density at radius 2 is 2.06 bits per heavy atom. The maximum Gasteiger partial charge on any atom is 0.255 e. The molecule has 0 saturated carbocycles. The number of hydrogen-bond donors (Lipinski definition) is 2. The van der Waals surface area contributed by atoms with E-state index in [1.165, 1.54) is 19.2 Å². The number of aliphatic hydroxyl groups excluding tert-OH is 1. The first-order valence-electron chi connectivity index (χ1n) is 11.2. The quantitative estimate of drug-likeness (QED) is 0.621. The lowest BCUT2D eigenvalue weighted by atomic mass is 9.95. The number of aliphatic hydroxyl groups is 1. The van der Waals surface area contributed by atoms with Gasteiger partial charge in [-0.15, -0.1) is 0 Å². The molecule has 2 N–H and O–H groups in total. The van der Waals surface area contributed by atoms with Crippen molar-refractivity contribution in [2.24, 2.45) is 0 Å². The minimum absolute atomic E-state index is 0.0764. The molecule has 2 heterocycles. The number of benzene rings is 2. The van der Waals surface area contributed by atoms with Gasteiger partial charge in [-0.3, -0.25) is 9.59 Å². The third-order valence-corrected chi connectivity index (χ3v) is 6.14. The molecule has 2 atom stereocenters. The zero-order valence-electron chi connectivity index (χ0n) is 18.8. The van der Waals surface area contributed by atoms with Crippen LogP contribution in [0.15, 0.2) is 24.3 Å². The van der Waals surface area contributed by atoms with Crippen molar-refractivity contribution in [3.05, 3.63) is 57.9 Å². The van der Waals surface area contributed by atoms with E-state index in [9.17, 15) is 19.1 Å². The van der Waals surface area contributed by atoms with Gasteiger partial charge in [0.25, 0.3) is 5.91 Å². The molecule has 33 heavy (non-hydrogen) atoms. The van der Waals surface area contributed by atoms with Crippen LogP contribution in [-0.2, 0) is 17.6 Å².